The van der Waals surface area contributed by atoms with E-state index in [2.05, 4.69) is 10.6 Å². The molecule has 3 N–H and O–H groups in total. The first-order chi connectivity index (χ1) is 16.1. The zero-order valence-corrected chi connectivity index (χ0v) is 20.1. The van der Waals surface area contributed by atoms with Crippen molar-refractivity contribution in [2.24, 2.45) is 5.92 Å². The number of aryl methyl sites for hydroxylation is 1. The number of anilines is 1. The predicted molar refractivity (Wildman–Crippen MR) is 128 cm³/mol. The molecule has 0 bridgehead atoms. The number of hydrogen-bond acceptors (Lipinski definition) is 5. The van der Waals surface area contributed by atoms with Crippen LogP contribution in [0.4, 0.5) is 15.3 Å². The number of hydrogen-bond donors (Lipinski definition) is 3. The largest absolute Gasteiger partial charge is 0.337 e. The number of nitrogens with zero attached hydrogens (tertiary/aromatic N) is 1. The maximum absolute atomic E-state index is 12.5. The van der Waals surface area contributed by atoms with Crippen LogP contribution >= 0.6 is 0 Å². The van der Waals surface area contributed by atoms with Crippen LogP contribution in [-0.4, -0.2) is 37.8 Å². The van der Waals surface area contributed by atoms with Crippen molar-refractivity contribution in [1.29, 1.82) is 0 Å². The first kappa shape index (κ1) is 25.0. The number of nitrogens with one attached hydrogen (secondary N) is 3. The lowest BCUT2D eigenvalue weighted by molar-refractivity contribution is -0.127. The molecule has 10 heteroatoms. The molecule has 2 aromatic carbocycles. The van der Waals surface area contributed by atoms with Crippen molar-refractivity contribution in [1.82, 2.24) is 14.9 Å². The molecule has 1 aliphatic rings. The molecule has 9 nitrogen and oxygen atoms in total. The Balaban J connectivity index is 1.51. The maximum Gasteiger partial charge on any atom is 0.333 e. The van der Waals surface area contributed by atoms with E-state index in [4.69, 9.17) is 0 Å². The van der Waals surface area contributed by atoms with Crippen LogP contribution in [0.2, 0.25) is 0 Å². The Kier molecular flexibility index (Phi) is 7.72. The number of imide groups is 1. The standard InChI is InChI=1S/C24H28N4O5S/c1-4-21-17(3)15-28(22(21)29)24(31)25-14-13-18-7-11-20(12-8-18)34(32,33)27-23(30)26-19-9-5-16(2)6-10-19/h5-12,15,21H,4,13-14H2,1-3H3,(H,25,31)(H2,26,27,30). The van der Waals surface area contributed by atoms with Gasteiger partial charge in [-0.3, -0.25) is 4.79 Å². The van der Waals surface area contributed by atoms with Crippen molar-refractivity contribution >= 4 is 33.7 Å². The summed E-state index contributed by atoms with van der Waals surface area (Å²) in [6, 6.07) is 11.6. The Bertz CT molecular complexity index is 1200. The van der Waals surface area contributed by atoms with Gasteiger partial charge in [-0.05, 0) is 62.1 Å². The lowest BCUT2D eigenvalue weighted by Gasteiger charge is -2.15. The second-order valence-corrected chi connectivity index (χ2v) is 9.78. The van der Waals surface area contributed by atoms with Gasteiger partial charge >= 0.3 is 12.1 Å². The number of carbonyl (C=O) groups excluding carboxylic acids is 3. The van der Waals surface area contributed by atoms with E-state index in [9.17, 15) is 22.8 Å². The van der Waals surface area contributed by atoms with Gasteiger partial charge in [0.15, 0.2) is 0 Å². The summed E-state index contributed by atoms with van der Waals surface area (Å²) in [6.45, 7) is 5.91. The quantitative estimate of drug-likeness (QED) is 0.555. The molecular formula is C24H28N4O5S. The van der Waals surface area contributed by atoms with E-state index in [1.165, 1.54) is 12.1 Å². The minimum Gasteiger partial charge on any atom is -0.337 e. The van der Waals surface area contributed by atoms with E-state index >= 15 is 0 Å². The van der Waals surface area contributed by atoms with Crippen LogP contribution in [0.5, 0.6) is 0 Å². The average Bonchev–Trinajstić information content (AvgIpc) is 3.08. The first-order valence-electron chi connectivity index (χ1n) is 10.9. The summed E-state index contributed by atoms with van der Waals surface area (Å²) < 4.78 is 27.0. The summed E-state index contributed by atoms with van der Waals surface area (Å²) >= 11 is 0. The molecule has 0 spiro atoms. The average molecular weight is 485 g/mol. The molecule has 34 heavy (non-hydrogen) atoms. The molecule has 1 aliphatic heterocycles. The second-order valence-electron chi connectivity index (χ2n) is 8.09. The molecule has 180 valence electrons. The molecule has 3 rings (SSSR count). The van der Waals surface area contributed by atoms with Crippen molar-refractivity contribution in [2.75, 3.05) is 11.9 Å². The minimum absolute atomic E-state index is 0.0618. The SMILES string of the molecule is CCC1C(=O)N(C(=O)NCCc2ccc(S(=O)(=O)NC(=O)Nc3ccc(C)cc3)cc2)C=C1C. The molecule has 1 heterocycles. The fourth-order valence-corrected chi connectivity index (χ4v) is 4.49. The van der Waals surface area contributed by atoms with E-state index < -0.39 is 22.1 Å². The molecule has 2 aromatic rings. The van der Waals surface area contributed by atoms with Crippen LogP contribution in [0.1, 0.15) is 31.4 Å². The summed E-state index contributed by atoms with van der Waals surface area (Å²) in [4.78, 5) is 37.7. The number of rotatable bonds is 7. The number of sulfonamides is 1. The lowest BCUT2D eigenvalue weighted by Crippen LogP contribution is -2.40. The summed E-state index contributed by atoms with van der Waals surface area (Å²) in [5.74, 6) is -0.487. The highest BCUT2D eigenvalue weighted by Crippen LogP contribution is 2.25. The van der Waals surface area contributed by atoms with Crippen LogP contribution in [0.15, 0.2) is 65.2 Å². The Morgan fingerprint density at radius 3 is 2.24 bits per heavy atom. The van der Waals surface area contributed by atoms with Crippen molar-refractivity contribution in [3.63, 3.8) is 0 Å². The van der Waals surface area contributed by atoms with Crippen molar-refractivity contribution in [3.05, 3.63) is 71.4 Å². The monoisotopic (exact) mass is 484 g/mol. The molecule has 0 aliphatic carbocycles. The molecule has 1 unspecified atom stereocenters. The predicted octanol–water partition coefficient (Wildman–Crippen LogP) is 3.53. The van der Waals surface area contributed by atoms with Gasteiger partial charge in [-0.15, -0.1) is 0 Å². The molecule has 0 aromatic heterocycles. The van der Waals surface area contributed by atoms with Gasteiger partial charge in [0.25, 0.3) is 10.0 Å². The summed E-state index contributed by atoms with van der Waals surface area (Å²) in [5, 5.41) is 5.18. The van der Waals surface area contributed by atoms with Gasteiger partial charge in [0.05, 0.1) is 10.8 Å². The number of urea groups is 2. The maximum atomic E-state index is 12.5. The van der Waals surface area contributed by atoms with Gasteiger partial charge in [0.2, 0.25) is 5.91 Å². The molecule has 1 atom stereocenters. The summed E-state index contributed by atoms with van der Waals surface area (Å²) in [6.07, 6.45) is 2.64. The lowest BCUT2D eigenvalue weighted by atomic mass is 10.0. The van der Waals surface area contributed by atoms with E-state index in [0.29, 0.717) is 18.5 Å². The normalized spacial score (nSPS) is 15.6. The third-order valence-corrected chi connectivity index (χ3v) is 6.85. The number of carbonyl (C=O) groups is 3. The smallest absolute Gasteiger partial charge is 0.333 e. The van der Waals surface area contributed by atoms with Gasteiger partial charge < -0.3 is 10.6 Å². The fraction of sp³-hybridized carbons (Fsp3) is 0.292. The third kappa shape index (κ3) is 6.02. The van der Waals surface area contributed by atoms with Crippen LogP contribution in [-0.2, 0) is 21.2 Å². The van der Waals surface area contributed by atoms with Gasteiger partial charge in [-0.1, -0.05) is 36.8 Å². The third-order valence-electron chi connectivity index (χ3n) is 5.51. The number of amides is 5. The minimum atomic E-state index is -4.05. The Morgan fingerprint density at radius 1 is 1.00 bits per heavy atom. The molecular weight excluding hydrogens is 456 g/mol. The van der Waals surface area contributed by atoms with E-state index in [1.807, 2.05) is 25.5 Å². The van der Waals surface area contributed by atoms with E-state index in [0.717, 1.165) is 21.6 Å². The van der Waals surface area contributed by atoms with Crippen molar-refractivity contribution in [3.8, 4) is 0 Å². The van der Waals surface area contributed by atoms with Crippen molar-refractivity contribution < 1.29 is 22.8 Å². The van der Waals surface area contributed by atoms with Crippen LogP contribution in [0.3, 0.4) is 0 Å². The molecule has 0 saturated heterocycles. The topological polar surface area (TPSA) is 125 Å². The van der Waals surface area contributed by atoms with Crippen LogP contribution in [0, 0.1) is 12.8 Å². The van der Waals surface area contributed by atoms with E-state index in [-0.39, 0.29) is 23.3 Å². The highest BCUT2D eigenvalue weighted by Gasteiger charge is 2.33. The van der Waals surface area contributed by atoms with Gasteiger partial charge in [0, 0.05) is 18.4 Å². The molecule has 5 amide bonds. The zero-order chi connectivity index (χ0) is 24.9. The Labute approximate surface area is 199 Å². The highest BCUT2D eigenvalue weighted by molar-refractivity contribution is 7.90. The Hall–Kier alpha value is -3.66. The van der Waals surface area contributed by atoms with Crippen molar-refractivity contribution in [2.45, 2.75) is 38.5 Å². The Morgan fingerprint density at radius 2 is 1.65 bits per heavy atom. The summed E-state index contributed by atoms with van der Waals surface area (Å²) in [5.41, 5.74) is 3.14. The van der Waals surface area contributed by atoms with Crippen LogP contribution < -0.4 is 15.4 Å². The fourth-order valence-electron chi connectivity index (χ4n) is 3.58. The first-order valence-corrected chi connectivity index (χ1v) is 12.4. The second kappa shape index (κ2) is 10.5. The van der Waals surface area contributed by atoms with Gasteiger partial charge in [0.1, 0.15) is 0 Å². The highest BCUT2D eigenvalue weighted by atomic mass is 32.2. The molecule has 0 fully saturated rings. The molecule has 0 saturated carbocycles. The summed E-state index contributed by atoms with van der Waals surface area (Å²) in [7, 11) is -4.05. The van der Waals surface area contributed by atoms with Gasteiger partial charge in [-0.25, -0.2) is 27.6 Å². The van der Waals surface area contributed by atoms with Gasteiger partial charge in [-0.2, -0.15) is 0 Å². The number of benzene rings is 2. The van der Waals surface area contributed by atoms with Crippen LogP contribution in [0.25, 0.3) is 0 Å². The zero-order valence-electron chi connectivity index (χ0n) is 19.3. The molecule has 0 radical (unpaired) electrons. The van der Waals surface area contributed by atoms with E-state index in [1.54, 1.807) is 42.6 Å².